The maximum absolute atomic E-state index is 6.09. The molecule has 0 bridgehead atoms. The van der Waals surface area contributed by atoms with E-state index in [4.69, 9.17) is 5.73 Å². The van der Waals surface area contributed by atoms with Gasteiger partial charge in [-0.05, 0) is 24.7 Å². The molecule has 0 amide bonds. The molecule has 14 heavy (non-hydrogen) atoms. The van der Waals surface area contributed by atoms with Crippen LogP contribution in [0.25, 0.3) is 0 Å². The lowest BCUT2D eigenvalue weighted by Gasteiger charge is -2.22. The van der Waals surface area contributed by atoms with Crippen LogP contribution in [-0.4, -0.2) is 0 Å². The fourth-order valence-corrected chi connectivity index (χ4v) is 1.90. The minimum absolute atomic E-state index is 0.510. The van der Waals surface area contributed by atoms with Gasteiger partial charge in [0.1, 0.15) is 0 Å². The van der Waals surface area contributed by atoms with Gasteiger partial charge in [-0.3, -0.25) is 0 Å². The molecule has 0 spiro atoms. The summed E-state index contributed by atoms with van der Waals surface area (Å²) < 4.78 is 0. The topological polar surface area (TPSA) is 26.0 Å². The van der Waals surface area contributed by atoms with Gasteiger partial charge in [-0.25, -0.2) is 0 Å². The van der Waals surface area contributed by atoms with Crippen molar-refractivity contribution in [3.63, 3.8) is 0 Å². The molecule has 1 nitrogen and oxygen atoms in total. The average Bonchev–Trinajstić information content (AvgIpc) is 2.04. The normalized spacial score (nSPS) is 16.8. The van der Waals surface area contributed by atoms with Gasteiger partial charge in [0.15, 0.2) is 0 Å². The van der Waals surface area contributed by atoms with Gasteiger partial charge in [0.25, 0.3) is 0 Å². The predicted octanol–water partition coefficient (Wildman–Crippen LogP) is 3.72. The van der Waals surface area contributed by atoms with E-state index in [2.05, 4.69) is 40.3 Å². The summed E-state index contributed by atoms with van der Waals surface area (Å²) in [4.78, 5) is 0. The van der Waals surface area contributed by atoms with Gasteiger partial charge >= 0.3 is 0 Å². The third kappa shape index (κ3) is 4.50. The predicted molar refractivity (Wildman–Crippen MR) is 64.9 cm³/mol. The molecule has 0 aliphatic heterocycles. The van der Waals surface area contributed by atoms with E-state index in [-0.39, 0.29) is 0 Å². The van der Waals surface area contributed by atoms with Crippen LogP contribution in [0.2, 0.25) is 0 Å². The Morgan fingerprint density at radius 2 is 1.93 bits per heavy atom. The molecule has 0 aliphatic rings. The van der Waals surface area contributed by atoms with E-state index in [0.717, 1.165) is 18.5 Å². The zero-order chi connectivity index (χ0) is 11.1. The maximum atomic E-state index is 6.09. The lowest BCUT2D eigenvalue weighted by Crippen LogP contribution is -2.19. The highest BCUT2D eigenvalue weighted by Gasteiger charge is 2.16. The van der Waals surface area contributed by atoms with E-state index >= 15 is 0 Å². The second-order valence-corrected chi connectivity index (χ2v) is 4.43. The van der Waals surface area contributed by atoms with E-state index < -0.39 is 0 Å². The van der Waals surface area contributed by atoms with Crippen molar-refractivity contribution >= 4 is 0 Å². The van der Waals surface area contributed by atoms with Crippen molar-refractivity contribution in [2.24, 2.45) is 23.5 Å². The van der Waals surface area contributed by atoms with Crippen LogP contribution in [0.4, 0.5) is 0 Å². The lowest BCUT2D eigenvalue weighted by atomic mass is 9.85. The Hall–Kier alpha value is -0.720. The second-order valence-electron chi connectivity index (χ2n) is 4.43. The van der Waals surface area contributed by atoms with E-state index in [1.807, 2.05) is 6.08 Å². The first-order chi connectivity index (χ1) is 6.52. The quantitative estimate of drug-likeness (QED) is 0.642. The number of nitrogens with two attached hydrogens (primary N) is 1. The van der Waals surface area contributed by atoms with Crippen molar-refractivity contribution in [3.8, 4) is 0 Å². The molecule has 0 heterocycles. The standard InChI is InChI=1S/C13H25N/c1-6-8-11(5)12(7-2)13(14)9-10(3)4/h6,9-12H,1,7-8,14H2,2-5H3/b13-9+. The molecule has 82 valence electrons. The summed E-state index contributed by atoms with van der Waals surface area (Å²) in [5, 5.41) is 0. The Bertz CT molecular complexity index is 191. The molecule has 0 aliphatic carbocycles. The first-order valence-electron chi connectivity index (χ1n) is 5.60. The summed E-state index contributed by atoms with van der Waals surface area (Å²) in [7, 11) is 0. The highest BCUT2D eigenvalue weighted by Crippen LogP contribution is 2.24. The van der Waals surface area contributed by atoms with E-state index in [9.17, 15) is 0 Å². The van der Waals surface area contributed by atoms with Crippen LogP contribution in [0.1, 0.15) is 40.5 Å². The summed E-state index contributed by atoms with van der Waals surface area (Å²) in [5.74, 6) is 1.66. The van der Waals surface area contributed by atoms with Gasteiger partial charge in [-0.2, -0.15) is 0 Å². The first-order valence-corrected chi connectivity index (χ1v) is 5.60. The van der Waals surface area contributed by atoms with Gasteiger partial charge in [0, 0.05) is 11.6 Å². The highest BCUT2D eigenvalue weighted by molar-refractivity contribution is 5.05. The molecule has 0 aromatic heterocycles. The first kappa shape index (κ1) is 13.3. The molecule has 2 unspecified atom stereocenters. The van der Waals surface area contributed by atoms with Crippen LogP contribution < -0.4 is 5.73 Å². The second kappa shape index (κ2) is 6.69. The summed E-state index contributed by atoms with van der Waals surface area (Å²) in [6.45, 7) is 12.6. The Kier molecular flexibility index (Phi) is 6.35. The molecular formula is C13H25N. The summed E-state index contributed by atoms with van der Waals surface area (Å²) in [5.41, 5.74) is 7.14. The minimum atomic E-state index is 0.510. The molecule has 2 N–H and O–H groups in total. The van der Waals surface area contributed by atoms with E-state index in [1.54, 1.807) is 0 Å². The largest absolute Gasteiger partial charge is 0.402 e. The molecule has 0 aromatic carbocycles. The summed E-state index contributed by atoms with van der Waals surface area (Å²) in [6, 6.07) is 0. The molecular weight excluding hydrogens is 170 g/mol. The van der Waals surface area contributed by atoms with Gasteiger partial charge in [-0.15, -0.1) is 6.58 Å². The Balaban J connectivity index is 4.45. The SMILES string of the molecule is C=CCC(C)C(CC)/C(N)=C\C(C)C. The fraction of sp³-hybridized carbons (Fsp3) is 0.692. The van der Waals surface area contributed by atoms with Gasteiger partial charge in [0.2, 0.25) is 0 Å². The van der Waals surface area contributed by atoms with Crippen molar-refractivity contribution in [2.75, 3.05) is 0 Å². The van der Waals surface area contributed by atoms with Crippen LogP contribution in [0, 0.1) is 17.8 Å². The molecule has 0 aromatic rings. The Labute approximate surface area is 89.1 Å². The molecule has 0 saturated heterocycles. The van der Waals surface area contributed by atoms with E-state index in [1.165, 1.54) is 0 Å². The third-order valence-corrected chi connectivity index (χ3v) is 2.62. The highest BCUT2D eigenvalue weighted by atomic mass is 14.6. The number of hydrogen-bond acceptors (Lipinski definition) is 1. The molecule has 0 fully saturated rings. The fourth-order valence-electron chi connectivity index (χ4n) is 1.90. The third-order valence-electron chi connectivity index (χ3n) is 2.62. The van der Waals surface area contributed by atoms with Gasteiger partial charge in [0.05, 0.1) is 0 Å². The van der Waals surface area contributed by atoms with Crippen LogP contribution in [-0.2, 0) is 0 Å². The van der Waals surface area contributed by atoms with Crippen molar-refractivity contribution in [1.82, 2.24) is 0 Å². The smallest absolute Gasteiger partial charge is 0.00767 e. The van der Waals surface area contributed by atoms with Crippen LogP contribution >= 0.6 is 0 Å². The molecule has 0 radical (unpaired) electrons. The lowest BCUT2D eigenvalue weighted by molar-refractivity contribution is 0.396. The van der Waals surface area contributed by atoms with Crippen molar-refractivity contribution in [2.45, 2.75) is 40.5 Å². The van der Waals surface area contributed by atoms with Crippen molar-refractivity contribution < 1.29 is 0 Å². The van der Waals surface area contributed by atoms with Crippen LogP contribution in [0.3, 0.4) is 0 Å². The van der Waals surface area contributed by atoms with Crippen molar-refractivity contribution in [3.05, 3.63) is 24.4 Å². The maximum Gasteiger partial charge on any atom is 0.00767 e. The summed E-state index contributed by atoms with van der Waals surface area (Å²) in [6.07, 6.45) is 6.32. The monoisotopic (exact) mass is 195 g/mol. The Morgan fingerprint density at radius 1 is 1.36 bits per heavy atom. The number of hydrogen-bond donors (Lipinski definition) is 1. The number of rotatable bonds is 6. The Morgan fingerprint density at radius 3 is 2.29 bits per heavy atom. The minimum Gasteiger partial charge on any atom is -0.402 e. The van der Waals surface area contributed by atoms with Gasteiger partial charge < -0.3 is 5.73 Å². The van der Waals surface area contributed by atoms with Gasteiger partial charge in [-0.1, -0.05) is 39.8 Å². The molecule has 0 rings (SSSR count). The van der Waals surface area contributed by atoms with E-state index in [0.29, 0.717) is 17.8 Å². The van der Waals surface area contributed by atoms with Crippen LogP contribution in [0.15, 0.2) is 24.4 Å². The summed E-state index contributed by atoms with van der Waals surface area (Å²) >= 11 is 0. The zero-order valence-corrected chi connectivity index (χ0v) is 10.1. The zero-order valence-electron chi connectivity index (χ0n) is 10.1. The molecule has 1 heteroatoms. The van der Waals surface area contributed by atoms with Crippen molar-refractivity contribution in [1.29, 1.82) is 0 Å². The van der Waals surface area contributed by atoms with Crippen LogP contribution in [0.5, 0.6) is 0 Å². The molecule has 2 atom stereocenters. The number of allylic oxidation sites excluding steroid dienone is 3. The molecule has 0 saturated carbocycles. The average molecular weight is 195 g/mol.